The molecule has 2 rings (SSSR count). The standard InChI is InChI=1S/C16H25ClN2/c1-5-16(2,3)19(4)14-9-6-12(15(17)10-14)11-18-13-7-8-13/h6,9-10,13,18H,5,7-8,11H2,1-4H3. The average Bonchev–Trinajstić information content (AvgIpc) is 3.20. The van der Waals surface area contributed by atoms with Crippen molar-refractivity contribution in [1.82, 2.24) is 5.32 Å². The molecule has 0 radical (unpaired) electrons. The van der Waals surface area contributed by atoms with Gasteiger partial charge in [-0.2, -0.15) is 0 Å². The molecule has 0 aromatic heterocycles. The summed E-state index contributed by atoms with van der Waals surface area (Å²) < 4.78 is 0. The van der Waals surface area contributed by atoms with Crippen LogP contribution in [0.4, 0.5) is 5.69 Å². The smallest absolute Gasteiger partial charge is 0.0471 e. The van der Waals surface area contributed by atoms with Crippen molar-refractivity contribution in [1.29, 1.82) is 0 Å². The van der Waals surface area contributed by atoms with Crippen LogP contribution in [0.15, 0.2) is 18.2 Å². The summed E-state index contributed by atoms with van der Waals surface area (Å²) in [7, 11) is 2.14. The second kappa shape index (κ2) is 5.72. The largest absolute Gasteiger partial charge is 0.369 e. The third kappa shape index (κ3) is 3.64. The van der Waals surface area contributed by atoms with Crippen LogP contribution < -0.4 is 10.2 Å². The monoisotopic (exact) mass is 280 g/mol. The molecule has 0 amide bonds. The van der Waals surface area contributed by atoms with Gasteiger partial charge >= 0.3 is 0 Å². The van der Waals surface area contributed by atoms with Crippen LogP contribution in [0.25, 0.3) is 0 Å². The molecule has 19 heavy (non-hydrogen) atoms. The zero-order valence-electron chi connectivity index (χ0n) is 12.5. The van der Waals surface area contributed by atoms with E-state index in [4.69, 9.17) is 11.6 Å². The van der Waals surface area contributed by atoms with Crippen LogP contribution in [0, 0.1) is 0 Å². The molecule has 0 atom stereocenters. The third-order valence-corrected chi connectivity index (χ3v) is 4.71. The lowest BCUT2D eigenvalue weighted by Gasteiger charge is -2.37. The van der Waals surface area contributed by atoms with Crippen LogP contribution in [0.1, 0.15) is 45.6 Å². The summed E-state index contributed by atoms with van der Waals surface area (Å²) in [5.74, 6) is 0. The number of nitrogens with zero attached hydrogens (tertiary/aromatic N) is 1. The van der Waals surface area contributed by atoms with E-state index in [1.165, 1.54) is 24.1 Å². The molecule has 0 bridgehead atoms. The van der Waals surface area contributed by atoms with Gasteiger partial charge in [-0.3, -0.25) is 0 Å². The van der Waals surface area contributed by atoms with E-state index >= 15 is 0 Å². The fourth-order valence-corrected chi connectivity index (χ4v) is 2.26. The van der Waals surface area contributed by atoms with Gasteiger partial charge in [0.1, 0.15) is 0 Å². The van der Waals surface area contributed by atoms with E-state index in [9.17, 15) is 0 Å². The van der Waals surface area contributed by atoms with E-state index in [0.717, 1.165) is 24.0 Å². The van der Waals surface area contributed by atoms with Crippen molar-refractivity contribution in [2.45, 2.75) is 58.2 Å². The molecule has 1 aliphatic carbocycles. The predicted molar refractivity (Wildman–Crippen MR) is 84.1 cm³/mol. The Labute approximate surface area is 122 Å². The van der Waals surface area contributed by atoms with Gasteiger partial charge in [-0.15, -0.1) is 0 Å². The first kappa shape index (κ1) is 14.7. The molecule has 1 aromatic rings. The number of hydrogen-bond donors (Lipinski definition) is 1. The van der Waals surface area contributed by atoms with Crippen LogP contribution in [-0.2, 0) is 6.54 Å². The fraction of sp³-hybridized carbons (Fsp3) is 0.625. The number of hydrogen-bond acceptors (Lipinski definition) is 2. The first-order chi connectivity index (χ1) is 8.94. The summed E-state index contributed by atoms with van der Waals surface area (Å²) in [4.78, 5) is 2.30. The Morgan fingerprint density at radius 3 is 2.58 bits per heavy atom. The quantitative estimate of drug-likeness (QED) is 0.839. The van der Waals surface area contributed by atoms with Gasteiger partial charge < -0.3 is 10.2 Å². The first-order valence-electron chi connectivity index (χ1n) is 7.19. The summed E-state index contributed by atoms with van der Waals surface area (Å²) in [5.41, 5.74) is 2.53. The van der Waals surface area contributed by atoms with E-state index in [-0.39, 0.29) is 5.54 Å². The zero-order valence-corrected chi connectivity index (χ0v) is 13.2. The molecule has 1 saturated carbocycles. The van der Waals surface area contributed by atoms with E-state index in [1.54, 1.807) is 0 Å². The van der Waals surface area contributed by atoms with Crippen LogP contribution >= 0.6 is 11.6 Å². The Bertz CT molecular complexity index is 438. The molecule has 1 aliphatic rings. The highest BCUT2D eigenvalue weighted by Gasteiger charge is 2.23. The second-order valence-corrected chi connectivity index (χ2v) is 6.56. The minimum absolute atomic E-state index is 0.150. The Hall–Kier alpha value is -0.730. The molecule has 0 saturated heterocycles. The molecular weight excluding hydrogens is 256 g/mol. The number of benzene rings is 1. The second-order valence-electron chi connectivity index (χ2n) is 6.16. The fourth-order valence-electron chi connectivity index (χ4n) is 2.02. The lowest BCUT2D eigenvalue weighted by atomic mass is 9.99. The number of rotatable bonds is 6. The maximum atomic E-state index is 6.40. The van der Waals surface area contributed by atoms with E-state index in [2.05, 4.69) is 56.2 Å². The molecule has 106 valence electrons. The van der Waals surface area contributed by atoms with E-state index in [1.807, 2.05) is 0 Å². The van der Waals surface area contributed by atoms with Crippen molar-refractivity contribution in [3.63, 3.8) is 0 Å². The number of anilines is 1. The zero-order chi connectivity index (χ0) is 14.0. The van der Waals surface area contributed by atoms with Gasteiger partial charge in [0.15, 0.2) is 0 Å². The van der Waals surface area contributed by atoms with E-state index in [0.29, 0.717) is 0 Å². The topological polar surface area (TPSA) is 15.3 Å². The van der Waals surface area contributed by atoms with Gasteiger partial charge in [0, 0.05) is 35.9 Å². The lowest BCUT2D eigenvalue weighted by molar-refractivity contribution is 0.471. The molecule has 2 nitrogen and oxygen atoms in total. The normalized spacial score (nSPS) is 15.6. The van der Waals surface area contributed by atoms with Gasteiger partial charge in [-0.05, 0) is 50.8 Å². The summed E-state index contributed by atoms with van der Waals surface area (Å²) in [6, 6.07) is 7.13. The minimum Gasteiger partial charge on any atom is -0.369 e. The van der Waals surface area contributed by atoms with Crippen molar-refractivity contribution in [2.24, 2.45) is 0 Å². The summed E-state index contributed by atoms with van der Waals surface area (Å²) in [6.45, 7) is 7.60. The number of halogens is 1. The molecule has 1 N–H and O–H groups in total. The van der Waals surface area contributed by atoms with Gasteiger partial charge in [0.25, 0.3) is 0 Å². The maximum Gasteiger partial charge on any atom is 0.0471 e. The Morgan fingerprint density at radius 2 is 2.05 bits per heavy atom. The van der Waals surface area contributed by atoms with Crippen LogP contribution in [0.5, 0.6) is 0 Å². The lowest BCUT2D eigenvalue weighted by Crippen LogP contribution is -2.40. The molecule has 0 spiro atoms. The molecule has 1 aromatic carbocycles. The highest BCUT2D eigenvalue weighted by Crippen LogP contribution is 2.29. The van der Waals surface area contributed by atoms with Gasteiger partial charge in [-0.25, -0.2) is 0 Å². The Balaban J connectivity index is 2.08. The van der Waals surface area contributed by atoms with Crippen LogP contribution in [0.2, 0.25) is 5.02 Å². The average molecular weight is 281 g/mol. The molecule has 3 heteroatoms. The van der Waals surface area contributed by atoms with Crippen molar-refractivity contribution >= 4 is 17.3 Å². The molecule has 1 fully saturated rings. The molecule has 0 aliphatic heterocycles. The Kier molecular flexibility index (Phi) is 4.42. The third-order valence-electron chi connectivity index (χ3n) is 4.36. The van der Waals surface area contributed by atoms with Crippen LogP contribution in [-0.4, -0.2) is 18.6 Å². The molecule has 0 heterocycles. The van der Waals surface area contributed by atoms with Crippen LogP contribution in [0.3, 0.4) is 0 Å². The van der Waals surface area contributed by atoms with Crippen molar-refractivity contribution < 1.29 is 0 Å². The van der Waals surface area contributed by atoms with E-state index < -0.39 is 0 Å². The van der Waals surface area contributed by atoms with Gasteiger partial charge in [0.2, 0.25) is 0 Å². The number of nitrogens with one attached hydrogen (secondary N) is 1. The molecular formula is C16H25ClN2. The molecule has 0 unspecified atom stereocenters. The Morgan fingerprint density at radius 1 is 1.37 bits per heavy atom. The predicted octanol–water partition coefficient (Wildman–Crippen LogP) is 4.22. The van der Waals surface area contributed by atoms with Gasteiger partial charge in [-0.1, -0.05) is 24.6 Å². The SMILES string of the molecule is CCC(C)(C)N(C)c1ccc(CNC2CC2)c(Cl)c1. The maximum absolute atomic E-state index is 6.40. The minimum atomic E-state index is 0.150. The summed E-state index contributed by atoms with van der Waals surface area (Å²) in [6.07, 6.45) is 3.72. The summed E-state index contributed by atoms with van der Waals surface area (Å²) >= 11 is 6.40. The summed E-state index contributed by atoms with van der Waals surface area (Å²) in [5, 5.41) is 4.37. The van der Waals surface area contributed by atoms with Crippen molar-refractivity contribution in [2.75, 3.05) is 11.9 Å². The highest BCUT2D eigenvalue weighted by atomic mass is 35.5. The van der Waals surface area contributed by atoms with Crippen molar-refractivity contribution in [3.05, 3.63) is 28.8 Å². The van der Waals surface area contributed by atoms with Gasteiger partial charge in [0.05, 0.1) is 0 Å². The highest BCUT2D eigenvalue weighted by molar-refractivity contribution is 6.31. The first-order valence-corrected chi connectivity index (χ1v) is 7.57. The van der Waals surface area contributed by atoms with Crippen molar-refractivity contribution in [3.8, 4) is 0 Å².